The van der Waals surface area contributed by atoms with Gasteiger partial charge in [0.2, 0.25) is 0 Å². The molecule has 2 aromatic rings. The Labute approximate surface area is 147 Å². The van der Waals surface area contributed by atoms with Crippen molar-refractivity contribution < 1.29 is 9.53 Å². The lowest BCUT2D eigenvalue weighted by atomic mass is 10.1. The van der Waals surface area contributed by atoms with Crippen molar-refractivity contribution in [1.82, 2.24) is 4.90 Å². The first-order chi connectivity index (χ1) is 11.6. The molecule has 5 heteroatoms. The molecule has 0 radical (unpaired) electrons. The highest BCUT2D eigenvalue weighted by Crippen LogP contribution is 2.24. The Morgan fingerprint density at radius 2 is 1.83 bits per heavy atom. The van der Waals surface area contributed by atoms with Crippen LogP contribution in [0.4, 0.5) is 10.5 Å². The van der Waals surface area contributed by atoms with Crippen LogP contribution in [0.1, 0.15) is 12.8 Å². The van der Waals surface area contributed by atoms with Crippen molar-refractivity contribution in [2.24, 2.45) is 0 Å². The summed E-state index contributed by atoms with van der Waals surface area (Å²) in [4.78, 5) is 14.2. The molecule has 0 spiro atoms. The summed E-state index contributed by atoms with van der Waals surface area (Å²) in [6, 6.07) is 15.6. The topological polar surface area (TPSA) is 41.6 Å². The minimum atomic E-state index is -0.0878. The number of anilines is 1. The predicted molar refractivity (Wildman–Crippen MR) is 97.5 cm³/mol. The molecule has 24 heavy (non-hydrogen) atoms. The summed E-state index contributed by atoms with van der Waals surface area (Å²) in [5.74, 6) is 0. The molecule has 0 saturated carbocycles. The van der Waals surface area contributed by atoms with Crippen LogP contribution in [0.25, 0.3) is 11.1 Å². The van der Waals surface area contributed by atoms with Crippen LogP contribution in [0, 0.1) is 0 Å². The summed E-state index contributed by atoms with van der Waals surface area (Å²) in [6.07, 6.45) is 1.77. The van der Waals surface area contributed by atoms with E-state index in [0.717, 1.165) is 29.7 Å². The average molecular weight is 345 g/mol. The number of benzene rings is 2. The third-order valence-corrected chi connectivity index (χ3v) is 4.60. The largest absolute Gasteiger partial charge is 0.381 e. The highest BCUT2D eigenvalue weighted by atomic mass is 35.5. The standard InChI is InChI=1S/C19H21ClN2O2/c1-22(18-9-11-24-12-10-18)19(23)21-17-4-2-3-15(13-17)14-5-7-16(20)8-6-14/h2-8,13,18H,9-12H2,1H3,(H,21,23). The van der Waals surface area contributed by atoms with Crippen molar-refractivity contribution in [2.75, 3.05) is 25.6 Å². The Bertz CT molecular complexity index is 697. The van der Waals surface area contributed by atoms with Gasteiger partial charge in [0.25, 0.3) is 0 Å². The van der Waals surface area contributed by atoms with E-state index in [9.17, 15) is 4.79 Å². The van der Waals surface area contributed by atoms with E-state index in [-0.39, 0.29) is 12.1 Å². The van der Waals surface area contributed by atoms with Crippen molar-refractivity contribution in [3.8, 4) is 11.1 Å². The SMILES string of the molecule is CN(C(=O)Nc1cccc(-c2ccc(Cl)cc2)c1)C1CCOCC1. The van der Waals surface area contributed by atoms with E-state index in [4.69, 9.17) is 16.3 Å². The quantitative estimate of drug-likeness (QED) is 0.880. The molecule has 0 bridgehead atoms. The van der Waals surface area contributed by atoms with Crippen LogP contribution in [-0.4, -0.2) is 37.2 Å². The van der Waals surface area contributed by atoms with Gasteiger partial charge in [-0.1, -0.05) is 35.9 Å². The predicted octanol–water partition coefficient (Wildman–Crippen LogP) is 4.65. The van der Waals surface area contributed by atoms with Crippen molar-refractivity contribution in [2.45, 2.75) is 18.9 Å². The van der Waals surface area contributed by atoms with Gasteiger partial charge in [0.1, 0.15) is 0 Å². The minimum Gasteiger partial charge on any atom is -0.381 e. The molecule has 2 amide bonds. The van der Waals surface area contributed by atoms with Gasteiger partial charge in [0, 0.05) is 37.0 Å². The fourth-order valence-electron chi connectivity index (χ4n) is 2.87. The summed E-state index contributed by atoms with van der Waals surface area (Å²) >= 11 is 5.94. The van der Waals surface area contributed by atoms with Gasteiger partial charge in [0.05, 0.1) is 0 Å². The van der Waals surface area contributed by atoms with E-state index in [1.165, 1.54) is 0 Å². The van der Waals surface area contributed by atoms with Gasteiger partial charge in [0.15, 0.2) is 0 Å². The smallest absolute Gasteiger partial charge is 0.321 e. The molecule has 4 nitrogen and oxygen atoms in total. The Kier molecular flexibility index (Phi) is 5.38. The molecule has 1 N–H and O–H groups in total. The number of hydrogen-bond donors (Lipinski definition) is 1. The first kappa shape index (κ1) is 16.8. The molecule has 0 aliphatic carbocycles. The average Bonchev–Trinajstić information content (AvgIpc) is 2.62. The van der Waals surface area contributed by atoms with Crippen molar-refractivity contribution in [3.63, 3.8) is 0 Å². The van der Waals surface area contributed by atoms with Gasteiger partial charge in [-0.3, -0.25) is 0 Å². The second kappa shape index (κ2) is 7.69. The van der Waals surface area contributed by atoms with Crippen LogP contribution < -0.4 is 5.32 Å². The van der Waals surface area contributed by atoms with Crippen LogP contribution in [0.5, 0.6) is 0 Å². The molecule has 2 aromatic carbocycles. The molecular weight excluding hydrogens is 324 g/mol. The molecule has 1 fully saturated rings. The van der Waals surface area contributed by atoms with E-state index in [2.05, 4.69) is 5.32 Å². The number of ether oxygens (including phenoxy) is 1. The molecule has 0 unspecified atom stereocenters. The van der Waals surface area contributed by atoms with E-state index in [0.29, 0.717) is 18.2 Å². The summed E-state index contributed by atoms with van der Waals surface area (Å²) < 4.78 is 5.35. The maximum atomic E-state index is 12.5. The van der Waals surface area contributed by atoms with Crippen LogP contribution >= 0.6 is 11.6 Å². The van der Waals surface area contributed by atoms with Gasteiger partial charge in [-0.25, -0.2) is 4.79 Å². The van der Waals surface area contributed by atoms with E-state index >= 15 is 0 Å². The number of carbonyl (C=O) groups excluding carboxylic acids is 1. The number of amides is 2. The molecular formula is C19H21ClN2O2. The Morgan fingerprint density at radius 3 is 2.54 bits per heavy atom. The molecule has 126 valence electrons. The Hall–Kier alpha value is -2.04. The molecule has 3 rings (SSSR count). The monoisotopic (exact) mass is 344 g/mol. The summed E-state index contributed by atoms with van der Waals surface area (Å²) in [7, 11) is 1.84. The normalized spacial score (nSPS) is 15.1. The van der Waals surface area contributed by atoms with Crippen LogP contribution in [0.2, 0.25) is 5.02 Å². The number of nitrogens with one attached hydrogen (secondary N) is 1. The zero-order valence-electron chi connectivity index (χ0n) is 13.7. The summed E-state index contributed by atoms with van der Waals surface area (Å²) in [5, 5.41) is 3.69. The zero-order chi connectivity index (χ0) is 16.9. The maximum absolute atomic E-state index is 12.5. The van der Waals surface area contributed by atoms with Gasteiger partial charge in [-0.15, -0.1) is 0 Å². The lowest BCUT2D eigenvalue weighted by Gasteiger charge is -2.31. The second-order valence-electron chi connectivity index (χ2n) is 5.97. The zero-order valence-corrected chi connectivity index (χ0v) is 14.4. The van der Waals surface area contributed by atoms with E-state index in [1.807, 2.05) is 55.6 Å². The van der Waals surface area contributed by atoms with Gasteiger partial charge in [-0.05, 0) is 48.2 Å². The molecule has 1 aliphatic heterocycles. The second-order valence-corrected chi connectivity index (χ2v) is 6.41. The minimum absolute atomic E-state index is 0.0878. The molecule has 1 saturated heterocycles. The van der Waals surface area contributed by atoms with E-state index < -0.39 is 0 Å². The fraction of sp³-hybridized carbons (Fsp3) is 0.316. The highest BCUT2D eigenvalue weighted by Gasteiger charge is 2.22. The Balaban J connectivity index is 1.69. The van der Waals surface area contributed by atoms with E-state index in [1.54, 1.807) is 4.90 Å². The number of nitrogens with zero attached hydrogens (tertiary/aromatic N) is 1. The first-order valence-corrected chi connectivity index (χ1v) is 8.49. The van der Waals surface area contributed by atoms with Gasteiger partial charge < -0.3 is 15.0 Å². The van der Waals surface area contributed by atoms with Crippen molar-refractivity contribution >= 4 is 23.3 Å². The van der Waals surface area contributed by atoms with Crippen molar-refractivity contribution in [3.05, 3.63) is 53.6 Å². The molecule has 1 aliphatic rings. The Morgan fingerprint density at radius 1 is 1.12 bits per heavy atom. The summed E-state index contributed by atoms with van der Waals surface area (Å²) in [6.45, 7) is 1.43. The number of rotatable bonds is 3. The number of hydrogen-bond acceptors (Lipinski definition) is 2. The van der Waals surface area contributed by atoms with Gasteiger partial charge in [-0.2, -0.15) is 0 Å². The molecule has 1 heterocycles. The lowest BCUT2D eigenvalue weighted by molar-refractivity contribution is 0.0544. The molecule has 0 aromatic heterocycles. The number of carbonyl (C=O) groups is 1. The van der Waals surface area contributed by atoms with Crippen LogP contribution in [-0.2, 0) is 4.74 Å². The summed E-state index contributed by atoms with van der Waals surface area (Å²) in [5.41, 5.74) is 2.89. The maximum Gasteiger partial charge on any atom is 0.321 e. The molecule has 0 atom stereocenters. The fourth-order valence-corrected chi connectivity index (χ4v) is 2.99. The van der Waals surface area contributed by atoms with Crippen LogP contribution in [0.15, 0.2) is 48.5 Å². The van der Waals surface area contributed by atoms with Crippen molar-refractivity contribution in [1.29, 1.82) is 0 Å². The third-order valence-electron chi connectivity index (χ3n) is 4.35. The highest BCUT2D eigenvalue weighted by molar-refractivity contribution is 6.30. The third kappa shape index (κ3) is 4.08. The van der Waals surface area contributed by atoms with Crippen LogP contribution in [0.3, 0.4) is 0 Å². The number of urea groups is 1. The first-order valence-electron chi connectivity index (χ1n) is 8.11. The van der Waals surface area contributed by atoms with Gasteiger partial charge >= 0.3 is 6.03 Å². The number of halogens is 1. The lowest BCUT2D eigenvalue weighted by Crippen LogP contribution is -2.42.